The molecule has 0 fully saturated rings. The van der Waals surface area contributed by atoms with Crippen LogP contribution in [0, 0.1) is 20.8 Å². The standard InChI is InChI=1S/C24H24N4O3S2/c1-16-13-17(2)15-20(14-16)33(30,31)25-11-12-28-22(29)10-9-21(27-28)23-18(3)26-24(32-23)19-7-5-4-6-8-19/h4-10,13-15,25H,11-12H2,1-3H3. The third-order valence-corrected chi connectivity index (χ3v) is 7.71. The van der Waals surface area contributed by atoms with E-state index in [0.717, 1.165) is 32.3 Å². The maximum atomic E-state index is 12.7. The van der Waals surface area contributed by atoms with Crippen molar-refractivity contribution in [2.45, 2.75) is 32.2 Å². The largest absolute Gasteiger partial charge is 0.268 e. The fourth-order valence-electron chi connectivity index (χ4n) is 3.53. The van der Waals surface area contributed by atoms with Crippen molar-refractivity contribution in [3.8, 4) is 21.1 Å². The van der Waals surface area contributed by atoms with Crippen LogP contribution in [0.2, 0.25) is 0 Å². The summed E-state index contributed by atoms with van der Waals surface area (Å²) in [7, 11) is -3.69. The summed E-state index contributed by atoms with van der Waals surface area (Å²) < 4.78 is 29.2. The zero-order chi connectivity index (χ0) is 23.6. The van der Waals surface area contributed by atoms with Crippen LogP contribution in [-0.4, -0.2) is 29.7 Å². The van der Waals surface area contributed by atoms with Gasteiger partial charge in [-0.2, -0.15) is 5.10 Å². The van der Waals surface area contributed by atoms with E-state index in [4.69, 9.17) is 0 Å². The molecule has 7 nitrogen and oxygen atoms in total. The third kappa shape index (κ3) is 5.27. The zero-order valence-corrected chi connectivity index (χ0v) is 20.2. The molecule has 0 saturated carbocycles. The van der Waals surface area contributed by atoms with E-state index >= 15 is 0 Å². The van der Waals surface area contributed by atoms with Crippen molar-refractivity contribution in [1.82, 2.24) is 19.5 Å². The van der Waals surface area contributed by atoms with E-state index in [1.165, 1.54) is 22.1 Å². The molecule has 0 aliphatic carbocycles. The lowest BCUT2D eigenvalue weighted by Gasteiger charge is -2.10. The Bertz CT molecular complexity index is 1440. The number of rotatable bonds is 7. The van der Waals surface area contributed by atoms with Crippen LogP contribution in [-0.2, 0) is 16.6 Å². The number of sulfonamides is 1. The molecule has 0 radical (unpaired) electrons. The van der Waals surface area contributed by atoms with Crippen LogP contribution in [0.25, 0.3) is 21.1 Å². The summed E-state index contributed by atoms with van der Waals surface area (Å²) in [5.74, 6) is 0. The van der Waals surface area contributed by atoms with Gasteiger partial charge >= 0.3 is 0 Å². The summed E-state index contributed by atoms with van der Waals surface area (Å²) in [6, 6.07) is 18.2. The van der Waals surface area contributed by atoms with Crippen LogP contribution < -0.4 is 10.3 Å². The minimum atomic E-state index is -3.69. The van der Waals surface area contributed by atoms with Crippen LogP contribution in [0.4, 0.5) is 0 Å². The highest BCUT2D eigenvalue weighted by Gasteiger charge is 2.16. The lowest BCUT2D eigenvalue weighted by Crippen LogP contribution is -2.32. The summed E-state index contributed by atoms with van der Waals surface area (Å²) in [6.07, 6.45) is 0. The molecule has 0 atom stereocenters. The second kappa shape index (κ2) is 9.38. The summed E-state index contributed by atoms with van der Waals surface area (Å²) >= 11 is 1.51. The van der Waals surface area contributed by atoms with E-state index in [1.54, 1.807) is 18.2 Å². The molecule has 1 N–H and O–H groups in total. The third-order valence-electron chi connectivity index (χ3n) is 5.04. The van der Waals surface area contributed by atoms with Crippen LogP contribution >= 0.6 is 11.3 Å². The molecule has 0 unspecified atom stereocenters. The number of nitrogens with one attached hydrogen (secondary N) is 1. The minimum absolute atomic E-state index is 0.0443. The molecule has 4 rings (SSSR count). The predicted molar refractivity (Wildman–Crippen MR) is 131 cm³/mol. The number of benzene rings is 2. The summed E-state index contributed by atoms with van der Waals surface area (Å²) in [5, 5.41) is 5.35. The number of aromatic nitrogens is 3. The van der Waals surface area contributed by atoms with Gasteiger partial charge in [-0.05, 0) is 50.1 Å². The maximum absolute atomic E-state index is 12.7. The number of nitrogens with zero attached hydrogens (tertiary/aromatic N) is 3. The van der Waals surface area contributed by atoms with Crippen molar-refractivity contribution in [3.63, 3.8) is 0 Å². The van der Waals surface area contributed by atoms with E-state index in [1.807, 2.05) is 57.2 Å². The highest BCUT2D eigenvalue weighted by molar-refractivity contribution is 7.89. The topological polar surface area (TPSA) is 93.9 Å². The first-order chi connectivity index (χ1) is 15.7. The fraction of sp³-hybridized carbons (Fsp3) is 0.208. The van der Waals surface area contributed by atoms with E-state index in [-0.39, 0.29) is 23.5 Å². The Labute approximate surface area is 196 Å². The average Bonchev–Trinajstić information content (AvgIpc) is 3.16. The summed E-state index contributed by atoms with van der Waals surface area (Å²) in [5.41, 5.74) is 3.92. The molecule has 4 aromatic rings. The predicted octanol–water partition coefficient (Wildman–Crippen LogP) is 3.94. The SMILES string of the molecule is Cc1cc(C)cc(S(=O)(=O)NCCn2nc(-c3sc(-c4ccccc4)nc3C)ccc2=O)c1. The smallest absolute Gasteiger partial charge is 0.266 e. The molecule has 0 amide bonds. The van der Waals surface area contributed by atoms with Crippen LogP contribution in [0.3, 0.4) is 0 Å². The Morgan fingerprint density at radius 2 is 1.67 bits per heavy atom. The molecule has 0 bridgehead atoms. The van der Waals surface area contributed by atoms with Gasteiger partial charge in [0.1, 0.15) is 10.7 Å². The molecule has 170 valence electrons. The monoisotopic (exact) mass is 480 g/mol. The fourth-order valence-corrected chi connectivity index (χ4v) is 5.77. The molecule has 2 aromatic carbocycles. The van der Waals surface area contributed by atoms with Gasteiger partial charge in [0, 0.05) is 18.2 Å². The molecule has 2 heterocycles. The van der Waals surface area contributed by atoms with Crippen molar-refractivity contribution in [2.24, 2.45) is 0 Å². The molecule has 0 aliphatic heterocycles. The minimum Gasteiger partial charge on any atom is -0.268 e. The van der Waals surface area contributed by atoms with Gasteiger partial charge in [-0.1, -0.05) is 36.4 Å². The molecular formula is C24H24N4O3S2. The van der Waals surface area contributed by atoms with Gasteiger partial charge in [0.05, 0.1) is 22.0 Å². The quantitative estimate of drug-likeness (QED) is 0.432. The average molecular weight is 481 g/mol. The van der Waals surface area contributed by atoms with Gasteiger partial charge in [-0.15, -0.1) is 11.3 Å². The second-order valence-corrected chi connectivity index (χ2v) is 10.6. The molecule has 2 aromatic heterocycles. The van der Waals surface area contributed by atoms with Crippen molar-refractivity contribution < 1.29 is 8.42 Å². The van der Waals surface area contributed by atoms with Crippen LogP contribution in [0.5, 0.6) is 0 Å². The first-order valence-corrected chi connectivity index (χ1v) is 12.7. The van der Waals surface area contributed by atoms with E-state index in [9.17, 15) is 13.2 Å². The molecule has 33 heavy (non-hydrogen) atoms. The van der Waals surface area contributed by atoms with Crippen molar-refractivity contribution in [1.29, 1.82) is 0 Å². The van der Waals surface area contributed by atoms with Gasteiger partial charge < -0.3 is 0 Å². The number of thiazole rings is 1. The van der Waals surface area contributed by atoms with Gasteiger partial charge in [-0.25, -0.2) is 22.8 Å². The Morgan fingerprint density at radius 1 is 0.970 bits per heavy atom. The van der Waals surface area contributed by atoms with Gasteiger partial charge in [0.2, 0.25) is 10.0 Å². The Hall–Kier alpha value is -3.14. The number of aryl methyl sites for hydroxylation is 3. The van der Waals surface area contributed by atoms with Crippen LogP contribution in [0.15, 0.2) is 70.4 Å². The normalized spacial score (nSPS) is 11.6. The Morgan fingerprint density at radius 3 is 2.36 bits per heavy atom. The highest BCUT2D eigenvalue weighted by Crippen LogP contribution is 2.33. The molecule has 9 heteroatoms. The lowest BCUT2D eigenvalue weighted by atomic mass is 10.2. The summed E-state index contributed by atoms with van der Waals surface area (Å²) in [4.78, 5) is 18.1. The lowest BCUT2D eigenvalue weighted by molar-refractivity contribution is 0.548. The number of hydrogen-bond acceptors (Lipinski definition) is 6. The molecule has 0 saturated heterocycles. The zero-order valence-electron chi connectivity index (χ0n) is 18.6. The molecule has 0 aliphatic rings. The van der Waals surface area contributed by atoms with Crippen molar-refractivity contribution in [3.05, 3.63) is 87.8 Å². The van der Waals surface area contributed by atoms with E-state index < -0.39 is 10.0 Å². The molecule has 0 spiro atoms. The molecular weight excluding hydrogens is 456 g/mol. The van der Waals surface area contributed by atoms with Crippen molar-refractivity contribution in [2.75, 3.05) is 6.54 Å². The van der Waals surface area contributed by atoms with E-state index in [0.29, 0.717) is 5.69 Å². The van der Waals surface area contributed by atoms with Gasteiger partial charge in [-0.3, -0.25) is 4.79 Å². The first-order valence-electron chi connectivity index (χ1n) is 10.4. The second-order valence-electron chi connectivity index (χ2n) is 7.80. The highest BCUT2D eigenvalue weighted by atomic mass is 32.2. The Balaban J connectivity index is 1.53. The van der Waals surface area contributed by atoms with Crippen molar-refractivity contribution >= 4 is 21.4 Å². The Kier molecular flexibility index (Phi) is 6.55. The van der Waals surface area contributed by atoms with E-state index in [2.05, 4.69) is 14.8 Å². The summed E-state index contributed by atoms with van der Waals surface area (Å²) in [6.45, 7) is 5.77. The van der Waals surface area contributed by atoms with Gasteiger partial charge in [0.15, 0.2) is 0 Å². The van der Waals surface area contributed by atoms with Crippen LogP contribution in [0.1, 0.15) is 16.8 Å². The first kappa shape index (κ1) is 23.0. The van der Waals surface area contributed by atoms with Gasteiger partial charge in [0.25, 0.3) is 5.56 Å². The number of hydrogen-bond donors (Lipinski definition) is 1. The maximum Gasteiger partial charge on any atom is 0.266 e.